The molecule has 0 heterocycles. The summed E-state index contributed by atoms with van der Waals surface area (Å²) in [6.45, 7) is 0. The average Bonchev–Trinajstić information content (AvgIpc) is 3.19. The zero-order valence-corrected chi connectivity index (χ0v) is 22.2. The highest BCUT2D eigenvalue weighted by Gasteiger charge is 2.26. The third kappa shape index (κ3) is 5.59. The molecule has 2 aliphatic carbocycles. The van der Waals surface area contributed by atoms with Crippen molar-refractivity contribution in [3.63, 3.8) is 0 Å². The van der Waals surface area contributed by atoms with E-state index in [1.807, 2.05) is 36.4 Å². The van der Waals surface area contributed by atoms with Crippen molar-refractivity contribution < 1.29 is 0 Å². The molecule has 0 bridgehead atoms. The van der Waals surface area contributed by atoms with E-state index in [-0.39, 0.29) is 11.8 Å². The van der Waals surface area contributed by atoms with Crippen LogP contribution in [-0.4, -0.2) is 0 Å². The van der Waals surface area contributed by atoms with E-state index >= 15 is 0 Å². The van der Waals surface area contributed by atoms with E-state index in [9.17, 15) is 0 Å². The van der Waals surface area contributed by atoms with Gasteiger partial charge in [-0.25, -0.2) is 0 Å². The minimum Gasteiger partial charge on any atom is -0.0848 e. The molecule has 0 radical (unpaired) electrons. The van der Waals surface area contributed by atoms with E-state index < -0.39 is 0 Å². The second kappa shape index (κ2) is 12.0. The smallest absolute Gasteiger partial charge is 0.0711 e. The van der Waals surface area contributed by atoms with Gasteiger partial charge in [-0.05, 0) is 57.6 Å². The highest BCUT2D eigenvalue weighted by molar-refractivity contribution is 5.79. The Morgan fingerprint density at radius 3 is 1.05 bits per heavy atom. The third-order valence-electron chi connectivity index (χ3n) is 7.13. The van der Waals surface area contributed by atoms with Gasteiger partial charge in [0.1, 0.15) is 0 Å². The number of benzene rings is 4. The predicted molar refractivity (Wildman–Crippen MR) is 166 cm³/mol. The van der Waals surface area contributed by atoms with Crippen molar-refractivity contribution >= 4 is 0 Å². The Morgan fingerprint density at radius 1 is 0.350 bits per heavy atom. The van der Waals surface area contributed by atoms with E-state index in [1.165, 1.54) is 33.4 Å². The minimum absolute atomic E-state index is 0.0847. The molecule has 2 unspecified atom stereocenters. The van der Waals surface area contributed by atoms with E-state index in [0.717, 1.165) is 11.1 Å². The van der Waals surface area contributed by atoms with Crippen molar-refractivity contribution in [2.45, 2.75) is 11.8 Å². The maximum absolute atomic E-state index is 3.63. The summed E-state index contributed by atoms with van der Waals surface area (Å²) in [5, 5.41) is 0. The van der Waals surface area contributed by atoms with Gasteiger partial charge in [0.25, 0.3) is 0 Å². The average molecular weight is 509 g/mol. The molecule has 6 rings (SSSR count). The summed E-state index contributed by atoms with van der Waals surface area (Å²) in [4.78, 5) is 0. The molecule has 2 atom stereocenters. The molecule has 0 saturated carbocycles. The lowest BCUT2D eigenvalue weighted by Crippen LogP contribution is -1.99. The maximum atomic E-state index is 3.63. The van der Waals surface area contributed by atoms with E-state index in [4.69, 9.17) is 0 Å². The van der Waals surface area contributed by atoms with Gasteiger partial charge >= 0.3 is 0 Å². The van der Waals surface area contributed by atoms with Gasteiger partial charge in [-0.3, -0.25) is 0 Å². The van der Waals surface area contributed by atoms with Crippen molar-refractivity contribution in [3.8, 4) is 34.8 Å². The lowest BCUT2D eigenvalue weighted by Gasteiger charge is -2.12. The van der Waals surface area contributed by atoms with Crippen LogP contribution < -0.4 is 0 Å². The molecule has 0 spiro atoms. The fraction of sp³-hybridized carbons (Fsp3) is 0.0500. The molecule has 0 aromatic heterocycles. The van der Waals surface area contributed by atoms with E-state index in [1.54, 1.807) is 0 Å². The summed E-state index contributed by atoms with van der Waals surface area (Å²) in [5.74, 6) is 14.0. The van der Waals surface area contributed by atoms with Gasteiger partial charge in [0.2, 0.25) is 0 Å². The van der Waals surface area contributed by atoms with Crippen molar-refractivity contribution in [1.82, 2.24) is 0 Å². The van der Waals surface area contributed by atoms with Crippen LogP contribution in [0.1, 0.15) is 45.2 Å². The standard InChI is InChI=1S/C40H28/c1-6-16-31(17-7-1)26-28-35(33-20-10-3-11-21-33)39-30-40(38-25-15-5-14-24-37(38)39)36(34-22-12-4-13-23-34)29-27-32-18-8-2-9-19-32/h1-25,30,35-36H. The number of fused-ring (bicyclic) bond motifs is 1. The van der Waals surface area contributed by atoms with Gasteiger partial charge in [0.15, 0.2) is 0 Å². The third-order valence-corrected chi connectivity index (χ3v) is 7.13. The van der Waals surface area contributed by atoms with Crippen LogP contribution in [-0.2, 0) is 0 Å². The van der Waals surface area contributed by atoms with E-state index in [0.29, 0.717) is 0 Å². The van der Waals surface area contributed by atoms with Crippen LogP contribution in [0.25, 0.3) is 11.1 Å². The predicted octanol–water partition coefficient (Wildman–Crippen LogP) is 9.16. The van der Waals surface area contributed by atoms with Crippen molar-refractivity contribution in [1.29, 1.82) is 0 Å². The second-order valence-corrected chi connectivity index (χ2v) is 9.75. The Balaban J connectivity index is 1.55. The van der Waals surface area contributed by atoms with Gasteiger partial charge in [-0.2, -0.15) is 0 Å². The first-order chi connectivity index (χ1) is 19.9. The Kier molecular flexibility index (Phi) is 7.53. The summed E-state index contributed by atoms with van der Waals surface area (Å²) >= 11 is 0. The number of hydrogen-bond acceptors (Lipinski definition) is 0. The lowest BCUT2D eigenvalue weighted by atomic mass is 9.90. The molecule has 188 valence electrons. The summed E-state index contributed by atoms with van der Waals surface area (Å²) in [6, 6.07) is 54.8. The van der Waals surface area contributed by atoms with Gasteiger partial charge in [-0.1, -0.05) is 157 Å². The van der Waals surface area contributed by atoms with Gasteiger partial charge in [-0.15, -0.1) is 0 Å². The van der Waals surface area contributed by atoms with Crippen LogP contribution in [0, 0.1) is 23.7 Å². The molecule has 4 aromatic carbocycles. The number of hydrogen-bond donors (Lipinski definition) is 0. The largest absolute Gasteiger partial charge is 0.0848 e. The summed E-state index contributed by atoms with van der Waals surface area (Å²) < 4.78 is 0. The first-order valence-electron chi connectivity index (χ1n) is 13.6. The summed E-state index contributed by atoms with van der Waals surface area (Å²) in [6.07, 6.45) is 0. The zero-order chi connectivity index (χ0) is 27.0. The van der Waals surface area contributed by atoms with Gasteiger partial charge in [0.05, 0.1) is 11.8 Å². The Labute approximate surface area is 237 Å². The molecule has 0 amide bonds. The molecule has 0 fully saturated rings. The Bertz CT molecular complexity index is 1650. The quantitative estimate of drug-likeness (QED) is 0.208. The van der Waals surface area contributed by atoms with E-state index in [2.05, 4.69) is 145 Å². The van der Waals surface area contributed by atoms with Gasteiger partial charge in [0, 0.05) is 11.1 Å². The molecule has 0 saturated heterocycles. The summed E-state index contributed by atoms with van der Waals surface area (Å²) in [5.41, 5.74) is 9.22. The number of rotatable bonds is 4. The van der Waals surface area contributed by atoms with Crippen LogP contribution in [0.3, 0.4) is 0 Å². The van der Waals surface area contributed by atoms with Crippen LogP contribution >= 0.6 is 0 Å². The van der Waals surface area contributed by atoms with Crippen LogP contribution in [0.2, 0.25) is 0 Å². The fourth-order valence-electron chi connectivity index (χ4n) is 5.18. The molecular formula is C40H28. The molecule has 2 aliphatic rings. The molecule has 0 heteroatoms. The first kappa shape index (κ1) is 25.0. The molecule has 40 heavy (non-hydrogen) atoms. The zero-order valence-electron chi connectivity index (χ0n) is 22.2. The van der Waals surface area contributed by atoms with Crippen LogP contribution in [0.5, 0.6) is 0 Å². The molecule has 0 N–H and O–H groups in total. The Hall–Kier alpha value is -5.30. The molecule has 0 aliphatic heterocycles. The highest BCUT2D eigenvalue weighted by atomic mass is 14.3. The highest BCUT2D eigenvalue weighted by Crippen LogP contribution is 2.43. The van der Waals surface area contributed by atoms with Crippen molar-refractivity contribution in [3.05, 3.63) is 191 Å². The molecule has 4 aromatic rings. The maximum Gasteiger partial charge on any atom is 0.0711 e. The molecular weight excluding hydrogens is 480 g/mol. The molecule has 0 nitrogen and oxygen atoms in total. The van der Waals surface area contributed by atoms with Crippen molar-refractivity contribution in [2.24, 2.45) is 0 Å². The fourth-order valence-corrected chi connectivity index (χ4v) is 5.18. The minimum atomic E-state index is -0.0847. The van der Waals surface area contributed by atoms with Crippen LogP contribution in [0.15, 0.2) is 158 Å². The van der Waals surface area contributed by atoms with Crippen molar-refractivity contribution in [2.75, 3.05) is 0 Å². The topological polar surface area (TPSA) is 0 Å². The normalized spacial score (nSPS) is 11.9. The lowest BCUT2D eigenvalue weighted by molar-refractivity contribution is 1.05. The second-order valence-electron chi connectivity index (χ2n) is 9.75. The Morgan fingerprint density at radius 2 is 0.675 bits per heavy atom. The SMILES string of the molecule is C(#CC(c1ccccc1)c1cc(C(C#Cc2ccccc2)c2ccccc2)c2cccccc1-2)c1ccccc1. The van der Waals surface area contributed by atoms with Gasteiger partial charge < -0.3 is 0 Å². The summed E-state index contributed by atoms with van der Waals surface area (Å²) in [7, 11) is 0. The first-order valence-corrected chi connectivity index (χ1v) is 13.6. The van der Waals surface area contributed by atoms with Crippen LogP contribution in [0.4, 0.5) is 0 Å². The monoisotopic (exact) mass is 508 g/mol.